The van der Waals surface area contributed by atoms with Gasteiger partial charge in [-0.2, -0.15) is 0 Å². The van der Waals surface area contributed by atoms with Crippen molar-refractivity contribution in [2.45, 2.75) is 24.9 Å². The molecule has 0 saturated carbocycles. The van der Waals surface area contributed by atoms with Crippen molar-refractivity contribution >= 4 is 27.5 Å². The molecular formula is C24H24N2O9S. The molecule has 0 fully saturated rings. The van der Waals surface area contributed by atoms with Crippen LogP contribution >= 0.6 is 0 Å². The van der Waals surface area contributed by atoms with Crippen LogP contribution in [-0.4, -0.2) is 66.7 Å². The Bertz CT molecular complexity index is 1450. The third-order valence-electron chi connectivity index (χ3n) is 6.78. The monoisotopic (exact) mass is 516 g/mol. The minimum Gasteiger partial charge on any atom is -0.508 e. The summed E-state index contributed by atoms with van der Waals surface area (Å²) in [5, 5.41) is 32.9. The third-order valence-corrected chi connectivity index (χ3v) is 7.45. The van der Waals surface area contributed by atoms with Crippen LogP contribution < -0.4 is 10.5 Å². The van der Waals surface area contributed by atoms with E-state index in [1.807, 2.05) is 0 Å². The van der Waals surface area contributed by atoms with Crippen molar-refractivity contribution in [1.29, 1.82) is 0 Å². The van der Waals surface area contributed by atoms with E-state index in [0.717, 1.165) is 6.26 Å². The molecular weight excluding hydrogens is 492 g/mol. The predicted molar refractivity (Wildman–Crippen MR) is 125 cm³/mol. The standard InChI is InChI=1S/C24H24N2O9S/c1-35-22-17-12(8-13-10-16(28)19(23(25)31)21(30)24(13,22)32)9-14-11(4-3-7-26-36(2,33)34)5-6-15(27)18(14)20(17)29/h5-6,12-13,26-27,30,32H,7-10H2,1-2H3,(H2,25,31)/t12-,13+,24-/m1/s1. The molecule has 4 rings (SSSR count). The summed E-state index contributed by atoms with van der Waals surface area (Å²) in [5.74, 6) is -0.162. The number of carbonyl (C=O) groups is 3. The van der Waals surface area contributed by atoms with E-state index in [4.69, 9.17) is 10.5 Å². The van der Waals surface area contributed by atoms with Crippen LogP contribution in [-0.2, 0) is 30.8 Å². The first-order valence-electron chi connectivity index (χ1n) is 10.9. The number of primary amides is 1. The Labute approximate surface area is 206 Å². The van der Waals surface area contributed by atoms with Crippen LogP contribution in [0.15, 0.2) is 34.8 Å². The molecule has 11 nitrogen and oxygen atoms in total. The topological polar surface area (TPSA) is 193 Å². The number of aliphatic hydroxyl groups excluding tert-OH is 1. The van der Waals surface area contributed by atoms with Crippen LogP contribution in [0, 0.1) is 23.7 Å². The number of sulfonamides is 1. The first-order valence-corrected chi connectivity index (χ1v) is 12.8. The van der Waals surface area contributed by atoms with Crippen LogP contribution in [0.3, 0.4) is 0 Å². The summed E-state index contributed by atoms with van der Waals surface area (Å²) in [5.41, 5.74) is 2.97. The Morgan fingerprint density at radius 1 is 1.28 bits per heavy atom. The molecule has 3 atom stereocenters. The maximum Gasteiger partial charge on any atom is 0.255 e. The summed E-state index contributed by atoms with van der Waals surface area (Å²) in [6.07, 6.45) is 0.968. The number of aliphatic hydroxyl groups is 2. The molecule has 0 spiro atoms. The average Bonchev–Trinajstić information content (AvgIpc) is 2.77. The van der Waals surface area contributed by atoms with Gasteiger partial charge in [-0.15, -0.1) is 0 Å². The summed E-state index contributed by atoms with van der Waals surface area (Å²) < 4.78 is 30.2. The van der Waals surface area contributed by atoms with Crippen molar-refractivity contribution in [3.63, 3.8) is 0 Å². The summed E-state index contributed by atoms with van der Waals surface area (Å²) >= 11 is 0. The van der Waals surface area contributed by atoms with Crippen LogP contribution in [0.1, 0.15) is 34.3 Å². The summed E-state index contributed by atoms with van der Waals surface area (Å²) in [6, 6.07) is 2.79. The van der Waals surface area contributed by atoms with E-state index in [9.17, 15) is 38.1 Å². The van der Waals surface area contributed by atoms with Gasteiger partial charge in [-0.1, -0.05) is 11.8 Å². The number of carbonyl (C=O) groups excluding carboxylic acids is 3. The van der Waals surface area contributed by atoms with Crippen LogP contribution in [0.25, 0.3) is 0 Å². The first-order chi connectivity index (χ1) is 16.8. The number of aromatic hydroxyl groups is 1. The Hall–Kier alpha value is -3.66. The molecule has 6 N–H and O–H groups in total. The molecule has 0 unspecified atom stereocenters. The number of phenolic OH excluding ortho intramolecular Hbond substituents is 1. The Morgan fingerprint density at radius 3 is 2.58 bits per heavy atom. The summed E-state index contributed by atoms with van der Waals surface area (Å²) in [7, 11) is -2.26. The smallest absolute Gasteiger partial charge is 0.255 e. The minimum absolute atomic E-state index is 0.00706. The highest BCUT2D eigenvalue weighted by atomic mass is 32.2. The lowest BCUT2D eigenvalue weighted by atomic mass is 9.60. The molecule has 1 aromatic rings. The SMILES string of the molecule is COC1=C2C(=O)c3c(O)ccc(C#CCNS(C)(=O)=O)c3C[C@H]2C[C@H]2CC(=O)C(C(N)=O)=C(O)[C@@]12O. The molecule has 3 aliphatic carbocycles. The van der Waals surface area contributed by atoms with Gasteiger partial charge in [-0.3, -0.25) is 14.4 Å². The van der Waals surface area contributed by atoms with E-state index in [1.54, 1.807) is 0 Å². The van der Waals surface area contributed by atoms with Gasteiger partial charge in [0.15, 0.2) is 17.2 Å². The second-order valence-corrected chi connectivity index (χ2v) is 10.8. The van der Waals surface area contributed by atoms with Gasteiger partial charge in [0.1, 0.15) is 22.8 Å². The molecule has 1 aromatic carbocycles. The van der Waals surface area contributed by atoms with E-state index in [1.165, 1.54) is 19.2 Å². The van der Waals surface area contributed by atoms with Crippen LogP contribution in [0.5, 0.6) is 5.75 Å². The number of Topliss-reactive ketones (excluding diaryl/α,β-unsaturated/α-hetero) is 2. The van der Waals surface area contributed by atoms with Gasteiger partial charge in [0.2, 0.25) is 10.0 Å². The zero-order chi connectivity index (χ0) is 26.6. The number of hydrogen-bond acceptors (Lipinski definition) is 9. The Kier molecular flexibility index (Phi) is 6.20. The normalized spacial score (nSPS) is 25.4. The third kappa shape index (κ3) is 3.95. The van der Waals surface area contributed by atoms with Gasteiger partial charge in [-0.05, 0) is 36.5 Å². The van der Waals surface area contributed by atoms with Crippen molar-refractivity contribution in [1.82, 2.24) is 4.72 Å². The zero-order valence-electron chi connectivity index (χ0n) is 19.4. The maximum absolute atomic E-state index is 13.7. The average molecular weight is 517 g/mol. The molecule has 3 aliphatic rings. The molecule has 0 heterocycles. The number of rotatable bonds is 4. The van der Waals surface area contributed by atoms with Crippen molar-refractivity contribution in [3.8, 4) is 17.6 Å². The molecule has 1 amide bonds. The molecule has 0 saturated heterocycles. The fraction of sp³-hybridized carbons (Fsp3) is 0.375. The number of nitrogens with one attached hydrogen (secondary N) is 1. The highest BCUT2D eigenvalue weighted by molar-refractivity contribution is 7.88. The van der Waals surface area contributed by atoms with Crippen molar-refractivity contribution < 1.29 is 42.9 Å². The van der Waals surface area contributed by atoms with Gasteiger partial charge in [0.05, 0.1) is 25.5 Å². The van der Waals surface area contributed by atoms with Gasteiger partial charge in [0.25, 0.3) is 5.91 Å². The molecule has 0 bridgehead atoms. The van der Waals surface area contributed by atoms with Crippen molar-refractivity contribution in [2.75, 3.05) is 19.9 Å². The van der Waals surface area contributed by atoms with Gasteiger partial charge < -0.3 is 25.8 Å². The highest BCUT2D eigenvalue weighted by Gasteiger charge is 2.59. The lowest BCUT2D eigenvalue weighted by Crippen LogP contribution is -2.54. The lowest BCUT2D eigenvalue weighted by Gasteiger charge is -2.47. The second-order valence-electron chi connectivity index (χ2n) is 8.97. The largest absolute Gasteiger partial charge is 0.508 e. The number of allylic oxidation sites excluding steroid dienone is 1. The number of hydrogen-bond donors (Lipinski definition) is 5. The van der Waals surface area contributed by atoms with E-state index in [-0.39, 0.29) is 48.5 Å². The van der Waals surface area contributed by atoms with Crippen LogP contribution in [0.4, 0.5) is 0 Å². The number of amides is 1. The number of fused-ring (bicyclic) bond motifs is 3. The second kappa shape index (κ2) is 8.77. The van der Waals surface area contributed by atoms with Crippen LogP contribution in [0.2, 0.25) is 0 Å². The Balaban J connectivity index is 1.86. The number of ketones is 2. The Morgan fingerprint density at radius 2 is 1.97 bits per heavy atom. The van der Waals surface area contributed by atoms with Crippen molar-refractivity contribution in [2.24, 2.45) is 17.6 Å². The van der Waals surface area contributed by atoms with E-state index < -0.39 is 56.3 Å². The maximum atomic E-state index is 13.7. The number of phenols is 1. The molecule has 190 valence electrons. The van der Waals surface area contributed by atoms with Crippen molar-refractivity contribution in [3.05, 3.63) is 51.5 Å². The molecule has 0 aromatic heterocycles. The van der Waals surface area contributed by atoms with E-state index in [2.05, 4.69) is 16.6 Å². The van der Waals surface area contributed by atoms with E-state index in [0.29, 0.717) is 11.1 Å². The fourth-order valence-electron chi connectivity index (χ4n) is 5.29. The van der Waals surface area contributed by atoms with Gasteiger partial charge >= 0.3 is 0 Å². The number of ether oxygens (including phenoxy) is 1. The predicted octanol–water partition coefficient (Wildman–Crippen LogP) is -0.430. The van der Waals surface area contributed by atoms with Gasteiger partial charge in [0, 0.05) is 23.5 Å². The lowest BCUT2D eigenvalue weighted by molar-refractivity contribution is -0.128. The summed E-state index contributed by atoms with van der Waals surface area (Å²) in [4.78, 5) is 38.0. The zero-order valence-corrected chi connectivity index (χ0v) is 20.2. The minimum atomic E-state index is -3.44. The fourth-order valence-corrected chi connectivity index (χ4v) is 5.62. The molecule has 12 heteroatoms. The first kappa shape index (κ1) is 25.4. The molecule has 0 aliphatic heterocycles. The molecule has 36 heavy (non-hydrogen) atoms. The highest BCUT2D eigenvalue weighted by Crippen LogP contribution is 2.53. The number of benzene rings is 1. The van der Waals surface area contributed by atoms with E-state index >= 15 is 0 Å². The van der Waals surface area contributed by atoms with Gasteiger partial charge in [-0.25, -0.2) is 13.1 Å². The number of nitrogens with two attached hydrogens (primary N) is 1. The number of methoxy groups -OCH3 is 1. The quantitative estimate of drug-likeness (QED) is 0.261. The molecule has 0 radical (unpaired) electrons. The summed E-state index contributed by atoms with van der Waals surface area (Å²) in [6.45, 7) is -0.157.